The Labute approximate surface area is 124 Å². The average Bonchev–Trinajstić information content (AvgIpc) is 2.88. The first-order chi connectivity index (χ1) is 9.70. The molecule has 21 heavy (non-hydrogen) atoms. The van der Waals surface area contributed by atoms with Gasteiger partial charge in [0.15, 0.2) is 9.84 Å². The summed E-state index contributed by atoms with van der Waals surface area (Å²) in [5.74, 6) is -0.191. The van der Waals surface area contributed by atoms with Crippen molar-refractivity contribution in [3.05, 3.63) is 46.2 Å². The first-order valence-electron chi connectivity index (χ1n) is 5.92. The molecule has 0 radical (unpaired) electrons. The van der Waals surface area contributed by atoms with Crippen LogP contribution in [0.25, 0.3) is 0 Å². The van der Waals surface area contributed by atoms with E-state index < -0.39 is 21.6 Å². The molecule has 0 aliphatic carbocycles. The molecule has 1 aromatic heterocycles. The largest absolute Gasteiger partial charge is 0.416 e. The smallest absolute Gasteiger partial charge is 0.398 e. The monoisotopic (exact) mass is 335 g/mol. The second kappa shape index (κ2) is 5.69. The normalized spacial score (nSPS) is 12.5. The second-order valence-electron chi connectivity index (χ2n) is 4.40. The van der Waals surface area contributed by atoms with Gasteiger partial charge in [-0.3, -0.25) is 0 Å². The van der Waals surface area contributed by atoms with Crippen molar-refractivity contribution >= 4 is 26.9 Å². The van der Waals surface area contributed by atoms with E-state index in [1.54, 1.807) is 12.1 Å². The van der Waals surface area contributed by atoms with Gasteiger partial charge in [-0.2, -0.15) is 13.2 Å². The molecule has 0 atom stereocenters. The van der Waals surface area contributed by atoms with E-state index in [0.29, 0.717) is 12.5 Å². The van der Waals surface area contributed by atoms with Crippen LogP contribution in [0.2, 0.25) is 0 Å². The van der Waals surface area contributed by atoms with Crippen molar-refractivity contribution in [2.24, 2.45) is 0 Å². The molecule has 0 saturated carbocycles. The number of rotatable bonds is 4. The van der Waals surface area contributed by atoms with E-state index in [0.717, 1.165) is 17.0 Å². The Morgan fingerprint density at radius 2 is 1.90 bits per heavy atom. The van der Waals surface area contributed by atoms with Crippen LogP contribution in [0.3, 0.4) is 0 Å². The Balaban J connectivity index is 2.24. The Morgan fingerprint density at radius 3 is 2.43 bits per heavy atom. The molecule has 114 valence electrons. The topological polar surface area (TPSA) is 60.2 Å². The lowest BCUT2D eigenvalue weighted by atomic mass is 10.2. The second-order valence-corrected chi connectivity index (χ2v) is 7.51. The number of benzene rings is 1. The minimum atomic E-state index is -4.55. The lowest BCUT2D eigenvalue weighted by molar-refractivity contribution is -0.137. The molecule has 2 N–H and O–H groups in total. The standard InChI is InChI=1S/C13H12F3NO2S2/c14-13(15,16)9-3-4-12(11(17)8-9)21(18,19)7-5-10-2-1-6-20-10/h1-4,6,8H,5,7,17H2. The Kier molecular flexibility index (Phi) is 4.29. The van der Waals surface area contributed by atoms with Crippen LogP contribution in [0.4, 0.5) is 18.9 Å². The third-order valence-electron chi connectivity index (χ3n) is 2.87. The first kappa shape index (κ1) is 15.8. The molecule has 2 aromatic rings. The molecule has 0 bridgehead atoms. The van der Waals surface area contributed by atoms with E-state index in [4.69, 9.17) is 5.73 Å². The van der Waals surface area contributed by atoms with E-state index in [2.05, 4.69) is 0 Å². The molecule has 0 saturated heterocycles. The zero-order chi connectivity index (χ0) is 15.7. The zero-order valence-electron chi connectivity index (χ0n) is 10.7. The summed E-state index contributed by atoms with van der Waals surface area (Å²) < 4.78 is 61.9. The number of hydrogen-bond acceptors (Lipinski definition) is 4. The van der Waals surface area contributed by atoms with E-state index in [1.807, 2.05) is 5.38 Å². The van der Waals surface area contributed by atoms with Gasteiger partial charge in [-0.05, 0) is 36.1 Å². The van der Waals surface area contributed by atoms with E-state index in [-0.39, 0.29) is 16.3 Å². The number of aryl methyl sites for hydroxylation is 1. The highest BCUT2D eigenvalue weighted by atomic mass is 32.2. The molecule has 0 fully saturated rings. The maximum Gasteiger partial charge on any atom is 0.416 e. The highest BCUT2D eigenvalue weighted by Gasteiger charge is 2.31. The van der Waals surface area contributed by atoms with Gasteiger partial charge in [-0.15, -0.1) is 11.3 Å². The number of hydrogen-bond donors (Lipinski definition) is 1. The molecule has 0 aliphatic rings. The molecular weight excluding hydrogens is 323 g/mol. The van der Waals surface area contributed by atoms with Crippen LogP contribution in [0, 0.1) is 0 Å². The molecule has 8 heteroatoms. The first-order valence-corrected chi connectivity index (χ1v) is 8.45. The lowest BCUT2D eigenvalue weighted by Crippen LogP contribution is -2.13. The fraction of sp³-hybridized carbons (Fsp3) is 0.231. The summed E-state index contributed by atoms with van der Waals surface area (Å²) >= 11 is 1.42. The number of nitrogens with two attached hydrogens (primary N) is 1. The maximum absolute atomic E-state index is 12.5. The molecule has 0 spiro atoms. The van der Waals surface area contributed by atoms with Gasteiger partial charge in [0.2, 0.25) is 0 Å². The molecular formula is C13H12F3NO2S2. The molecule has 1 heterocycles. The van der Waals surface area contributed by atoms with Crippen molar-refractivity contribution in [2.45, 2.75) is 17.5 Å². The van der Waals surface area contributed by atoms with Crippen molar-refractivity contribution < 1.29 is 21.6 Å². The van der Waals surface area contributed by atoms with Crippen molar-refractivity contribution in [3.8, 4) is 0 Å². The quantitative estimate of drug-likeness (QED) is 0.872. The van der Waals surface area contributed by atoms with Gasteiger partial charge in [-0.1, -0.05) is 6.07 Å². The van der Waals surface area contributed by atoms with Crippen molar-refractivity contribution in [3.63, 3.8) is 0 Å². The minimum Gasteiger partial charge on any atom is -0.398 e. The molecule has 2 rings (SSSR count). The summed E-state index contributed by atoms with van der Waals surface area (Å²) in [6.45, 7) is 0. The molecule has 0 amide bonds. The zero-order valence-corrected chi connectivity index (χ0v) is 12.4. The summed E-state index contributed by atoms with van der Waals surface area (Å²) in [4.78, 5) is 0.635. The SMILES string of the molecule is Nc1cc(C(F)(F)F)ccc1S(=O)(=O)CCc1cccs1. The highest BCUT2D eigenvalue weighted by Crippen LogP contribution is 2.32. The van der Waals surface area contributed by atoms with Crippen molar-refractivity contribution in [2.75, 3.05) is 11.5 Å². The van der Waals surface area contributed by atoms with Crippen LogP contribution in [-0.2, 0) is 22.4 Å². The molecule has 3 nitrogen and oxygen atoms in total. The third kappa shape index (κ3) is 3.76. The molecule has 0 unspecified atom stereocenters. The lowest BCUT2D eigenvalue weighted by Gasteiger charge is -2.11. The van der Waals surface area contributed by atoms with Crippen LogP contribution in [0.15, 0.2) is 40.6 Å². The highest BCUT2D eigenvalue weighted by molar-refractivity contribution is 7.91. The van der Waals surface area contributed by atoms with Gasteiger partial charge in [0, 0.05) is 4.88 Å². The summed E-state index contributed by atoms with van der Waals surface area (Å²) in [5, 5.41) is 1.83. The Bertz CT molecular complexity index is 722. The van der Waals surface area contributed by atoms with Gasteiger partial charge in [0.05, 0.1) is 21.9 Å². The minimum absolute atomic E-state index is 0.191. The fourth-order valence-corrected chi connectivity index (χ4v) is 4.05. The Hall–Kier alpha value is -1.54. The summed E-state index contributed by atoms with van der Waals surface area (Å²) in [7, 11) is -3.71. The van der Waals surface area contributed by atoms with Crippen molar-refractivity contribution in [1.82, 2.24) is 0 Å². The summed E-state index contributed by atoms with van der Waals surface area (Å²) in [6.07, 6.45) is -4.24. The van der Waals surface area contributed by atoms with Crippen molar-refractivity contribution in [1.29, 1.82) is 0 Å². The van der Waals surface area contributed by atoms with Crippen LogP contribution >= 0.6 is 11.3 Å². The number of anilines is 1. The molecule has 1 aromatic carbocycles. The average molecular weight is 335 g/mol. The predicted octanol–water partition coefficient (Wildman–Crippen LogP) is 3.37. The van der Waals surface area contributed by atoms with Gasteiger partial charge < -0.3 is 5.73 Å². The van der Waals surface area contributed by atoms with Crippen LogP contribution in [0.5, 0.6) is 0 Å². The number of alkyl halides is 3. The number of sulfone groups is 1. The van der Waals surface area contributed by atoms with Crippen LogP contribution < -0.4 is 5.73 Å². The van der Waals surface area contributed by atoms with E-state index in [1.165, 1.54) is 11.3 Å². The van der Waals surface area contributed by atoms with Gasteiger partial charge in [0.1, 0.15) is 0 Å². The third-order valence-corrected chi connectivity index (χ3v) is 5.59. The Morgan fingerprint density at radius 1 is 1.19 bits per heavy atom. The number of halogens is 3. The van der Waals surface area contributed by atoms with Gasteiger partial charge in [-0.25, -0.2) is 8.42 Å². The van der Waals surface area contributed by atoms with Crippen LogP contribution in [-0.4, -0.2) is 14.2 Å². The maximum atomic E-state index is 12.5. The number of thiophene rings is 1. The van der Waals surface area contributed by atoms with Gasteiger partial charge in [0.25, 0.3) is 0 Å². The van der Waals surface area contributed by atoms with E-state index >= 15 is 0 Å². The van der Waals surface area contributed by atoms with E-state index in [9.17, 15) is 21.6 Å². The van der Waals surface area contributed by atoms with Gasteiger partial charge >= 0.3 is 6.18 Å². The number of nitrogen functional groups attached to an aromatic ring is 1. The fourth-order valence-electron chi connectivity index (χ4n) is 1.81. The summed E-state index contributed by atoms with van der Waals surface area (Å²) in [5.41, 5.74) is 4.14. The van der Waals surface area contributed by atoms with Crippen LogP contribution in [0.1, 0.15) is 10.4 Å². The summed E-state index contributed by atoms with van der Waals surface area (Å²) in [6, 6.07) is 5.91. The predicted molar refractivity (Wildman–Crippen MR) is 75.9 cm³/mol. The molecule has 0 aliphatic heterocycles.